The number of allylic oxidation sites excluding steroid dienone is 2. The van der Waals surface area contributed by atoms with Crippen molar-refractivity contribution in [2.45, 2.75) is 105 Å². The molecule has 3 saturated carbocycles. The average molecular weight is 627 g/mol. The first-order valence-electron chi connectivity index (χ1n) is 17.4. The van der Waals surface area contributed by atoms with Crippen molar-refractivity contribution in [3.05, 3.63) is 64.5 Å². The molecule has 0 bridgehead atoms. The van der Waals surface area contributed by atoms with Crippen molar-refractivity contribution in [2.24, 2.45) is 51.2 Å². The highest BCUT2D eigenvalue weighted by atomic mass is 16.5. The number of rotatable bonds is 4. The first-order valence-corrected chi connectivity index (χ1v) is 17.4. The maximum Gasteiger partial charge on any atom is 0.356 e. The zero-order valence-corrected chi connectivity index (χ0v) is 28.5. The fourth-order valence-electron chi connectivity index (χ4n) is 12.1. The van der Waals surface area contributed by atoms with Gasteiger partial charge in [0.15, 0.2) is 11.5 Å². The molecule has 1 aromatic heterocycles. The number of hydrogen-bond donors (Lipinski definition) is 2. The van der Waals surface area contributed by atoms with Gasteiger partial charge in [0, 0.05) is 11.5 Å². The molecule has 246 valence electrons. The van der Waals surface area contributed by atoms with Crippen LogP contribution in [0.5, 0.6) is 0 Å². The third kappa shape index (κ3) is 3.95. The topological polar surface area (TPSA) is 109 Å². The number of carbonyl (C=O) groups is 3. The summed E-state index contributed by atoms with van der Waals surface area (Å²) in [5, 5.41) is 17.4. The molecular weight excluding hydrogens is 576 g/mol. The van der Waals surface area contributed by atoms with Gasteiger partial charge in [0.1, 0.15) is 12.0 Å². The van der Waals surface area contributed by atoms with Crippen LogP contribution in [0.4, 0.5) is 0 Å². The number of fused-ring (bicyclic) bond motifs is 8. The van der Waals surface area contributed by atoms with Gasteiger partial charge in [0.05, 0.1) is 5.69 Å². The van der Waals surface area contributed by atoms with Gasteiger partial charge in [-0.2, -0.15) is 5.10 Å². The Hall–Kier alpha value is -3.22. The number of nitrogens with zero attached hydrogens (tertiary/aromatic N) is 1. The number of aromatic amines is 1. The maximum absolute atomic E-state index is 14.9. The molecule has 7 rings (SSSR count). The van der Waals surface area contributed by atoms with Crippen LogP contribution in [-0.2, 0) is 32.8 Å². The quantitative estimate of drug-likeness (QED) is 0.337. The van der Waals surface area contributed by atoms with E-state index in [2.05, 4.69) is 51.7 Å². The van der Waals surface area contributed by atoms with Crippen LogP contribution in [0.3, 0.4) is 0 Å². The van der Waals surface area contributed by atoms with Crippen molar-refractivity contribution in [2.75, 3.05) is 0 Å². The standard InChI is InChI=1S/C39H50N2O5/c1-22-13-15-35(3)17-18-37(5)26(29(35)23(22)2)19-27(42)31-36(4)20-25-30(33(43)44)40-41-32(25)39(7,28(36)14-16-38(31,37)6)34(45)46-21-24-11-9-8-10-12-24/h8-12,19,22-23,28-29,31H,13-18,20-21H2,1-7H3,(H,40,41)(H,43,44)/t22-,23+,28-,29+,31-,35-,36+,37-,38-,39-/m1/s1. The largest absolute Gasteiger partial charge is 0.476 e. The fraction of sp³-hybridized carbons (Fsp3) is 0.641. The molecular formula is C39H50N2O5. The third-order valence-electron chi connectivity index (χ3n) is 14.9. The number of aromatic nitrogens is 2. The molecule has 0 unspecified atom stereocenters. The number of benzene rings is 1. The van der Waals surface area contributed by atoms with Gasteiger partial charge >= 0.3 is 11.9 Å². The zero-order valence-electron chi connectivity index (χ0n) is 28.5. The lowest BCUT2D eigenvalue weighted by Crippen LogP contribution is -2.67. The van der Waals surface area contributed by atoms with Gasteiger partial charge in [0.2, 0.25) is 0 Å². The summed E-state index contributed by atoms with van der Waals surface area (Å²) in [6, 6.07) is 9.59. The van der Waals surface area contributed by atoms with Gasteiger partial charge in [-0.05, 0) is 109 Å². The Morgan fingerprint density at radius 1 is 1.00 bits per heavy atom. The van der Waals surface area contributed by atoms with Gasteiger partial charge in [0.25, 0.3) is 0 Å². The van der Waals surface area contributed by atoms with E-state index in [0.717, 1.165) is 31.2 Å². The van der Waals surface area contributed by atoms with Gasteiger partial charge in [-0.3, -0.25) is 14.7 Å². The molecule has 7 nitrogen and oxygen atoms in total. The highest BCUT2D eigenvalue weighted by Gasteiger charge is 2.72. The Balaban J connectivity index is 1.35. The molecule has 10 atom stereocenters. The molecule has 0 aliphatic heterocycles. The molecule has 7 heteroatoms. The van der Waals surface area contributed by atoms with Crippen LogP contribution in [0.25, 0.3) is 0 Å². The van der Waals surface area contributed by atoms with E-state index in [-0.39, 0.29) is 46.2 Å². The second-order valence-corrected chi connectivity index (χ2v) is 17.0. The summed E-state index contributed by atoms with van der Waals surface area (Å²) < 4.78 is 6.05. The molecule has 1 heterocycles. The van der Waals surface area contributed by atoms with Crippen LogP contribution in [0, 0.1) is 51.2 Å². The number of carbonyl (C=O) groups excluding carboxylic acids is 2. The Kier molecular flexibility index (Phi) is 6.92. The van der Waals surface area contributed by atoms with E-state index in [0.29, 0.717) is 35.4 Å². The highest BCUT2D eigenvalue weighted by molar-refractivity contribution is 5.96. The van der Waals surface area contributed by atoms with Crippen LogP contribution in [0.15, 0.2) is 42.0 Å². The number of H-pyrrole nitrogens is 1. The smallest absolute Gasteiger partial charge is 0.356 e. The highest BCUT2D eigenvalue weighted by Crippen LogP contribution is 2.74. The van der Waals surface area contributed by atoms with E-state index in [1.807, 2.05) is 43.3 Å². The molecule has 0 spiro atoms. The number of carboxylic acid groups (broad SMARTS) is 1. The Labute approximate surface area is 273 Å². The van der Waals surface area contributed by atoms with E-state index in [9.17, 15) is 19.5 Å². The van der Waals surface area contributed by atoms with Crippen molar-refractivity contribution in [3.8, 4) is 0 Å². The first kappa shape index (κ1) is 31.4. The monoisotopic (exact) mass is 626 g/mol. The number of hydrogen-bond acceptors (Lipinski definition) is 5. The minimum Gasteiger partial charge on any atom is -0.476 e. The second kappa shape index (κ2) is 10.1. The normalized spacial score (nSPS) is 42.8. The van der Waals surface area contributed by atoms with Crippen molar-refractivity contribution in [1.82, 2.24) is 10.2 Å². The lowest BCUT2D eigenvalue weighted by Gasteiger charge is -2.70. The molecule has 5 aliphatic rings. The molecule has 5 aliphatic carbocycles. The van der Waals surface area contributed by atoms with Gasteiger partial charge in [-0.15, -0.1) is 0 Å². The molecule has 1 aromatic carbocycles. The Morgan fingerprint density at radius 3 is 2.41 bits per heavy atom. The molecule has 2 aromatic rings. The van der Waals surface area contributed by atoms with Crippen LogP contribution < -0.4 is 0 Å². The Morgan fingerprint density at radius 2 is 1.72 bits per heavy atom. The predicted molar refractivity (Wildman–Crippen MR) is 175 cm³/mol. The van der Waals surface area contributed by atoms with Crippen LogP contribution >= 0.6 is 0 Å². The van der Waals surface area contributed by atoms with Gasteiger partial charge in [-0.25, -0.2) is 4.79 Å². The molecule has 0 amide bonds. The molecule has 0 radical (unpaired) electrons. The summed E-state index contributed by atoms with van der Waals surface area (Å²) in [5.74, 6) is -0.471. The SMILES string of the molecule is C[C@H]1[C@H](C)CC[C@]2(C)CC[C@]3(C)C(=CC(=O)[C@@H]4[C@@]5(C)Cc6c(C(=O)O)n[nH]c6[C@](C)(C(=O)OCc6ccccc6)[C@@H]5CC[C@]43C)[C@H]12. The lowest BCUT2D eigenvalue weighted by atomic mass is 9.33. The summed E-state index contributed by atoms with van der Waals surface area (Å²) in [6.07, 6.45) is 8.63. The van der Waals surface area contributed by atoms with E-state index >= 15 is 0 Å². The van der Waals surface area contributed by atoms with E-state index < -0.39 is 22.8 Å². The van der Waals surface area contributed by atoms with E-state index in [1.165, 1.54) is 18.4 Å². The summed E-state index contributed by atoms with van der Waals surface area (Å²) in [4.78, 5) is 41.8. The van der Waals surface area contributed by atoms with Gasteiger partial charge in [-0.1, -0.05) is 77.4 Å². The van der Waals surface area contributed by atoms with E-state index in [4.69, 9.17) is 4.74 Å². The van der Waals surface area contributed by atoms with Crippen molar-refractivity contribution >= 4 is 17.7 Å². The average Bonchev–Trinajstić information content (AvgIpc) is 3.44. The fourth-order valence-corrected chi connectivity index (χ4v) is 12.1. The summed E-state index contributed by atoms with van der Waals surface area (Å²) >= 11 is 0. The van der Waals surface area contributed by atoms with Crippen molar-refractivity contribution in [1.29, 1.82) is 0 Å². The summed E-state index contributed by atoms with van der Waals surface area (Å²) in [7, 11) is 0. The Bertz CT molecular complexity index is 1640. The molecule has 46 heavy (non-hydrogen) atoms. The van der Waals surface area contributed by atoms with Crippen molar-refractivity contribution in [3.63, 3.8) is 0 Å². The van der Waals surface area contributed by atoms with Crippen LogP contribution in [0.1, 0.15) is 114 Å². The van der Waals surface area contributed by atoms with E-state index in [1.54, 1.807) is 0 Å². The summed E-state index contributed by atoms with van der Waals surface area (Å²) in [5.41, 5.74) is 1.09. The number of carboxylic acids is 1. The second-order valence-electron chi connectivity index (χ2n) is 17.0. The number of nitrogens with one attached hydrogen (secondary N) is 1. The lowest BCUT2D eigenvalue weighted by molar-refractivity contribution is -0.184. The number of esters is 1. The van der Waals surface area contributed by atoms with Crippen LogP contribution in [-0.4, -0.2) is 33.0 Å². The molecule has 2 N–H and O–H groups in total. The minimum atomic E-state index is -1.19. The predicted octanol–water partition coefficient (Wildman–Crippen LogP) is 7.70. The first-order chi connectivity index (χ1) is 21.6. The molecule has 3 fully saturated rings. The van der Waals surface area contributed by atoms with Gasteiger partial charge < -0.3 is 9.84 Å². The zero-order chi connectivity index (χ0) is 33.0. The van der Waals surface area contributed by atoms with Crippen molar-refractivity contribution < 1.29 is 24.2 Å². The minimum absolute atomic E-state index is 0.0619. The summed E-state index contributed by atoms with van der Waals surface area (Å²) in [6.45, 7) is 16.2. The maximum atomic E-state index is 14.9. The molecule has 0 saturated heterocycles. The third-order valence-corrected chi connectivity index (χ3v) is 14.9. The number of aromatic carboxylic acids is 1. The number of ether oxygens (including phenoxy) is 1. The number of ketones is 1. The van der Waals surface area contributed by atoms with Crippen LogP contribution in [0.2, 0.25) is 0 Å².